The number of carbonyl (C=O) groups is 2. The highest BCUT2D eigenvalue weighted by molar-refractivity contribution is 5.84. The number of amides is 1. The number of rotatable bonds is 7. The lowest BCUT2D eigenvalue weighted by Gasteiger charge is -2.21. The molecule has 1 atom stereocenters. The van der Waals surface area contributed by atoms with E-state index in [0.29, 0.717) is 17.3 Å². The Kier molecular flexibility index (Phi) is 6.39. The second kappa shape index (κ2) is 9.14. The summed E-state index contributed by atoms with van der Waals surface area (Å²) in [4.78, 5) is 26.2. The van der Waals surface area contributed by atoms with Gasteiger partial charge in [0.05, 0.1) is 6.42 Å². The van der Waals surface area contributed by atoms with Crippen molar-refractivity contribution in [1.82, 2.24) is 15.1 Å². The zero-order valence-corrected chi connectivity index (χ0v) is 16.7. The Hall–Kier alpha value is -3.48. The van der Waals surface area contributed by atoms with Crippen LogP contribution in [0.4, 0.5) is 0 Å². The number of carbonyl (C=O) groups excluding carboxylic acids is 2. The molecule has 0 unspecified atom stereocenters. The zero-order chi connectivity index (χ0) is 20.8. The van der Waals surface area contributed by atoms with Crippen molar-refractivity contribution in [1.29, 1.82) is 0 Å². The molecule has 29 heavy (non-hydrogen) atoms. The van der Waals surface area contributed by atoms with Gasteiger partial charge in [0, 0.05) is 31.6 Å². The molecule has 0 saturated carbocycles. The first-order valence-corrected chi connectivity index (χ1v) is 9.29. The lowest BCUT2D eigenvalue weighted by molar-refractivity contribution is -0.159. The van der Waals surface area contributed by atoms with Crippen molar-refractivity contribution in [3.05, 3.63) is 71.6 Å². The van der Waals surface area contributed by atoms with Gasteiger partial charge in [-0.3, -0.25) is 9.59 Å². The number of ether oxygens (including phenoxy) is 1. The largest absolute Gasteiger partial charge is 0.447 e. The van der Waals surface area contributed by atoms with Crippen molar-refractivity contribution < 1.29 is 18.7 Å². The summed E-state index contributed by atoms with van der Waals surface area (Å²) in [6.07, 6.45) is -0.723. The topological polar surface area (TPSA) is 85.5 Å². The van der Waals surface area contributed by atoms with E-state index < -0.39 is 12.1 Å². The van der Waals surface area contributed by atoms with Gasteiger partial charge in [-0.1, -0.05) is 48.0 Å². The van der Waals surface area contributed by atoms with Crippen molar-refractivity contribution in [2.24, 2.45) is 0 Å². The molecular weight excluding hydrogens is 370 g/mol. The van der Waals surface area contributed by atoms with Crippen molar-refractivity contribution in [2.75, 3.05) is 14.1 Å². The molecule has 2 aromatic carbocycles. The van der Waals surface area contributed by atoms with Crippen LogP contribution in [0.1, 0.15) is 29.5 Å². The first kappa shape index (κ1) is 20.3. The van der Waals surface area contributed by atoms with E-state index in [0.717, 1.165) is 11.1 Å². The Bertz CT molecular complexity index is 965. The fraction of sp³-hybridized carbons (Fsp3) is 0.273. The summed E-state index contributed by atoms with van der Waals surface area (Å²) < 4.78 is 11.1. The number of aromatic nitrogens is 2. The maximum absolute atomic E-state index is 12.4. The molecule has 150 valence electrons. The zero-order valence-electron chi connectivity index (χ0n) is 16.7. The highest BCUT2D eigenvalue weighted by atomic mass is 16.5. The molecule has 3 aromatic rings. The summed E-state index contributed by atoms with van der Waals surface area (Å²) in [7, 11) is 3.24. The molecule has 0 spiro atoms. The maximum atomic E-state index is 12.4. The van der Waals surface area contributed by atoms with Gasteiger partial charge in [-0.2, -0.15) is 0 Å². The van der Waals surface area contributed by atoms with E-state index in [1.807, 2.05) is 37.3 Å². The van der Waals surface area contributed by atoms with Crippen LogP contribution in [0.25, 0.3) is 11.5 Å². The third-order valence-corrected chi connectivity index (χ3v) is 4.33. The molecule has 7 nitrogen and oxygen atoms in total. The van der Waals surface area contributed by atoms with Crippen LogP contribution in [0.5, 0.6) is 0 Å². The molecule has 0 fully saturated rings. The number of benzene rings is 2. The van der Waals surface area contributed by atoms with Gasteiger partial charge in [0.25, 0.3) is 5.91 Å². The summed E-state index contributed by atoms with van der Waals surface area (Å²) in [6, 6.07) is 16.7. The van der Waals surface area contributed by atoms with E-state index in [2.05, 4.69) is 10.2 Å². The first-order valence-electron chi connectivity index (χ1n) is 9.29. The van der Waals surface area contributed by atoms with E-state index in [1.165, 1.54) is 4.90 Å². The Morgan fingerprint density at radius 1 is 1.03 bits per heavy atom. The number of nitrogens with zero attached hydrogens (tertiary/aromatic N) is 3. The SMILES string of the molecule is Cc1ccc(-c2nnc(CCC(=O)O[C@H](C(=O)N(C)C)c3ccccc3)o2)cc1. The minimum atomic E-state index is -0.982. The van der Waals surface area contributed by atoms with Gasteiger partial charge in [-0.05, 0) is 19.1 Å². The molecule has 3 rings (SSSR count). The van der Waals surface area contributed by atoms with Crippen LogP contribution < -0.4 is 0 Å². The van der Waals surface area contributed by atoms with Crippen molar-refractivity contribution in [2.45, 2.75) is 25.9 Å². The molecule has 0 radical (unpaired) electrons. The van der Waals surface area contributed by atoms with E-state index >= 15 is 0 Å². The minimum Gasteiger partial charge on any atom is -0.447 e. The molecule has 0 aliphatic carbocycles. The fourth-order valence-electron chi connectivity index (χ4n) is 2.69. The predicted octanol–water partition coefficient (Wildman–Crippen LogP) is 3.35. The number of esters is 1. The average molecular weight is 393 g/mol. The second-order valence-electron chi connectivity index (χ2n) is 6.88. The smallest absolute Gasteiger partial charge is 0.307 e. The summed E-state index contributed by atoms with van der Waals surface area (Å²) >= 11 is 0. The normalized spacial score (nSPS) is 11.7. The molecule has 1 heterocycles. The van der Waals surface area contributed by atoms with E-state index in [-0.39, 0.29) is 18.7 Å². The lowest BCUT2D eigenvalue weighted by Crippen LogP contribution is -2.31. The Balaban J connectivity index is 1.62. The highest BCUT2D eigenvalue weighted by Gasteiger charge is 2.26. The molecule has 7 heteroatoms. The monoisotopic (exact) mass is 393 g/mol. The first-order chi connectivity index (χ1) is 13.9. The van der Waals surface area contributed by atoms with Crippen LogP contribution in [-0.4, -0.2) is 41.1 Å². The highest BCUT2D eigenvalue weighted by Crippen LogP contribution is 2.21. The van der Waals surface area contributed by atoms with Gasteiger partial charge in [0.15, 0.2) is 0 Å². The number of hydrogen-bond acceptors (Lipinski definition) is 6. The molecule has 0 saturated heterocycles. The van der Waals surface area contributed by atoms with Crippen LogP contribution in [-0.2, 0) is 20.7 Å². The molecule has 0 N–H and O–H groups in total. The third-order valence-electron chi connectivity index (χ3n) is 4.33. The van der Waals surface area contributed by atoms with Crippen molar-refractivity contribution in [3.63, 3.8) is 0 Å². The Labute approximate surface area is 169 Å². The van der Waals surface area contributed by atoms with E-state index in [4.69, 9.17) is 9.15 Å². The van der Waals surface area contributed by atoms with Gasteiger partial charge in [0.2, 0.25) is 17.9 Å². The van der Waals surface area contributed by atoms with Gasteiger partial charge in [0.1, 0.15) is 0 Å². The number of hydrogen-bond donors (Lipinski definition) is 0. The van der Waals surface area contributed by atoms with Gasteiger partial charge in [-0.25, -0.2) is 0 Å². The fourth-order valence-corrected chi connectivity index (χ4v) is 2.69. The van der Waals surface area contributed by atoms with Crippen LogP contribution in [0.15, 0.2) is 59.0 Å². The molecule has 1 aromatic heterocycles. The third kappa shape index (κ3) is 5.28. The molecule has 0 bridgehead atoms. The molecular formula is C22H23N3O4. The summed E-state index contributed by atoms with van der Waals surface area (Å²) in [5, 5.41) is 8.01. The lowest BCUT2D eigenvalue weighted by atomic mass is 10.1. The number of aryl methyl sites for hydroxylation is 2. The quantitative estimate of drug-likeness (QED) is 0.572. The van der Waals surface area contributed by atoms with Crippen molar-refractivity contribution >= 4 is 11.9 Å². The second-order valence-corrected chi connectivity index (χ2v) is 6.88. The molecule has 1 amide bonds. The maximum Gasteiger partial charge on any atom is 0.307 e. The average Bonchev–Trinajstić information content (AvgIpc) is 3.20. The van der Waals surface area contributed by atoms with Crippen molar-refractivity contribution in [3.8, 4) is 11.5 Å². The van der Waals surface area contributed by atoms with E-state index in [9.17, 15) is 9.59 Å². The van der Waals surface area contributed by atoms with Crippen LogP contribution in [0.2, 0.25) is 0 Å². The Morgan fingerprint density at radius 2 is 1.72 bits per heavy atom. The minimum absolute atomic E-state index is 0.0274. The van der Waals surface area contributed by atoms with Gasteiger partial charge < -0.3 is 14.1 Å². The summed E-state index contributed by atoms with van der Waals surface area (Å²) in [6.45, 7) is 2.00. The Morgan fingerprint density at radius 3 is 2.38 bits per heavy atom. The standard InChI is InChI=1S/C22H23N3O4/c1-15-9-11-17(12-10-15)21-24-23-18(28-21)13-14-19(26)29-20(22(27)25(2)3)16-7-5-4-6-8-16/h4-12,20H,13-14H2,1-3H3/t20-/m0/s1. The summed E-state index contributed by atoms with van der Waals surface area (Å²) in [5.41, 5.74) is 2.58. The summed E-state index contributed by atoms with van der Waals surface area (Å²) in [5.74, 6) is -0.0702. The van der Waals surface area contributed by atoms with Gasteiger partial charge in [-0.15, -0.1) is 10.2 Å². The predicted molar refractivity (Wildman–Crippen MR) is 107 cm³/mol. The number of likely N-dealkylation sites (N-methyl/N-ethyl adjacent to an activating group) is 1. The van der Waals surface area contributed by atoms with Crippen LogP contribution >= 0.6 is 0 Å². The van der Waals surface area contributed by atoms with Crippen LogP contribution in [0, 0.1) is 6.92 Å². The van der Waals surface area contributed by atoms with Gasteiger partial charge >= 0.3 is 5.97 Å². The molecule has 0 aliphatic rings. The van der Waals surface area contributed by atoms with Crippen LogP contribution in [0.3, 0.4) is 0 Å². The molecule has 0 aliphatic heterocycles. The van der Waals surface area contributed by atoms with E-state index in [1.54, 1.807) is 38.4 Å².